The molecule has 32 heavy (non-hydrogen) atoms. The Labute approximate surface area is 184 Å². The largest absolute Gasteiger partial charge is 0.465 e. The van der Waals surface area contributed by atoms with Gasteiger partial charge in [-0.05, 0) is 65.8 Å². The van der Waals surface area contributed by atoms with Crippen molar-refractivity contribution in [2.24, 2.45) is 9.98 Å². The second-order valence-electron chi connectivity index (χ2n) is 7.78. The zero-order valence-electron chi connectivity index (χ0n) is 17.1. The molecule has 1 aliphatic carbocycles. The lowest BCUT2D eigenvalue weighted by Crippen LogP contribution is -2.03. The van der Waals surface area contributed by atoms with Gasteiger partial charge in [-0.1, -0.05) is 12.1 Å². The zero-order chi connectivity index (χ0) is 21.5. The fourth-order valence-electron chi connectivity index (χ4n) is 4.18. The van der Waals surface area contributed by atoms with E-state index in [1.807, 2.05) is 41.0 Å². The lowest BCUT2D eigenvalue weighted by Gasteiger charge is -2.15. The van der Waals surface area contributed by atoms with Gasteiger partial charge in [0.15, 0.2) is 0 Å². The van der Waals surface area contributed by atoms with Crippen molar-refractivity contribution in [3.05, 3.63) is 89.4 Å². The monoisotopic (exact) mass is 415 g/mol. The number of aromatic nitrogens is 2. The van der Waals surface area contributed by atoms with Crippen LogP contribution < -0.4 is 4.74 Å². The lowest BCUT2D eigenvalue weighted by atomic mass is 9.98. The second kappa shape index (κ2) is 7.33. The van der Waals surface area contributed by atoms with Gasteiger partial charge in [-0.3, -0.25) is 9.98 Å². The molecule has 1 aromatic heterocycles. The average molecular weight is 415 g/mol. The summed E-state index contributed by atoms with van der Waals surface area (Å²) in [6, 6.07) is 10.2. The van der Waals surface area contributed by atoms with Gasteiger partial charge in [0, 0.05) is 11.1 Å². The molecule has 0 spiro atoms. The third-order valence-corrected chi connectivity index (χ3v) is 5.83. The fraction of sp³-hybridized carbons (Fsp3) is 0.0769. The summed E-state index contributed by atoms with van der Waals surface area (Å²) in [7, 11) is 0. The van der Waals surface area contributed by atoms with Crippen LogP contribution in [0.2, 0.25) is 0 Å². The van der Waals surface area contributed by atoms with Crippen LogP contribution in [-0.4, -0.2) is 22.0 Å². The van der Waals surface area contributed by atoms with Crippen LogP contribution in [0.15, 0.2) is 82.5 Å². The molecule has 0 fully saturated rings. The number of benzene rings is 2. The topological polar surface area (TPSA) is 75.6 Å². The maximum atomic E-state index is 9.84. The summed E-state index contributed by atoms with van der Waals surface area (Å²) < 4.78 is 7.94. The number of hydrogen-bond acceptors (Lipinski definition) is 5. The van der Waals surface area contributed by atoms with Crippen LogP contribution in [-0.2, 0) is 0 Å². The second-order valence-corrected chi connectivity index (χ2v) is 7.78. The van der Waals surface area contributed by atoms with Gasteiger partial charge in [0.2, 0.25) is 0 Å². The SMILES string of the molecule is N#Cc1c2cc3ccc4cc3c1N=CC(=C2)N=Cc1cncn1C1=CC=C(C=CO4)CC1. The van der Waals surface area contributed by atoms with E-state index in [0.717, 1.165) is 40.6 Å². The molecule has 7 bridgehead atoms. The van der Waals surface area contributed by atoms with Crippen molar-refractivity contribution in [1.29, 1.82) is 5.26 Å². The van der Waals surface area contributed by atoms with Crippen molar-refractivity contribution in [3.63, 3.8) is 0 Å². The Hall–Kier alpha value is -4.50. The van der Waals surface area contributed by atoms with E-state index in [1.165, 1.54) is 5.57 Å². The zero-order valence-corrected chi connectivity index (χ0v) is 17.1. The highest BCUT2D eigenvalue weighted by Crippen LogP contribution is 2.37. The Morgan fingerprint density at radius 2 is 2.03 bits per heavy atom. The number of fused-ring (bicyclic) bond motifs is 4. The predicted octanol–water partition coefficient (Wildman–Crippen LogP) is 5.55. The van der Waals surface area contributed by atoms with Crippen molar-refractivity contribution >= 4 is 40.7 Å². The van der Waals surface area contributed by atoms with Crippen LogP contribution in [0.4, 0.5) is 5.69 Å². The number of nitrogens with zero attached hydrogens (tertiary/aromatic N) is 5. The Kier molecular flexibility index (Phi) is 4.19. The molecule has 0 amide bonds. The van der Waals surface area contributed by atoms with E-state index in [4.69, 9.17) is 4.74 Å². The fourth-order valence-corrected chi connectivity index (χ4v) is 4.18. The minimum atomic E-state index is 0.531. The quantitative estimate of drug-likeness (QED) is 0.483. The van der Waals surface area contributed by atoms with Crippen molar-refractivity contribution < 1.29 is 4.74 Å². The molecule has 0 unspecified atom stereocenters. The number of imidazole rings is 1. The molecule has 3 aromatic rings. The molecule has 0 saturated heterocycles. The summed E-state index contributed by atoms with van der Waals surface area (Å²) in [5.74, 6) is 0.698. The van der Waals surface area contributed by atoms with Crippen LogP contribution in [0, 0.1) is 11.3 Å². The highest BCUT2D eigenvalue weighted by Gasteiger charge is 2.16. The van der Waals surface area contributed by atoms with Gasteiger partial charge in [0.25, 0.3) is 0 Å². The molecular formula is C26H17N5O. The molecule has 7 rings (SSSR count). The van der Waals surface area contributed by atoms with Gasteiger partial charge in [0.05, 0.1) is 53.9 Å². The first-order valence-electron chi connectivity index (χ1n) is 10.3. The van der Waals surface area contributed by atoms with Crippen LogP contribution in [0.25, 0.3) is 22.5 Å². The summed E-state index contributed by atoms with van der Waals surface area (Å²) >= 11 is 0. The molecular weight excluding hydrogens is 398 g/mol. The summed E-state index contributed by atoms with van der Waals surface area (Å²) in [6.45, 7) is 0. The molecule has 4 heterocycles. The number of nitriles is 1. The van der Waals surface area contributed by atoms with Crippen LogP contribution in [0.1, 0.15) is 29.7 Å². The van der Waals surface area contributed by atoms with Gasteiger partial charge in [0.1, 0.15) is 11.8 Å². The van der Waals surface area contributed by atoms with Crippen molar-refractivity contribution in [3.8, 4) is 11.8 Å². The molecule has 0 saturated carbocycles. The first-order chi connectivity index (χ1) is 15.8. The molecule has 6 nitrogen and oxygen atoms in total. The van der Waals surface area contributed by atoms with E-state index in [0.29, 0.717) is 22.7 Å². The Morgan fingerprint density at radius 1 is 1.06 bits per heavy atom. The van der Waals surface area contributed by atoms with Gasteiger partial charge in [-0.2, -0.15) is 5.26 Å². The van der Waals surface area contributed by atoms with E-state index in [2.05, 4.69) is 33.2 Å². The number of rotatable bonds is 0. The lowest BCUT2D eigenvalue weighted by molar-refractivity contribution is 0.481. The number of ether oxygens (including phenoxy) is 1. The minimum Gasteiger partial charge on any atom is -0.465 e. The number of aliphatic imine (C=N–C) groups is 2. The van der Waals surface area contributed by atoms with Gasteiger partial charge >= 0.3 is 0 Å². The molecule has 0 N–H and O–H groups in total. The third kappa shape index (κ3) is 3.08. The molecule has 2 aromatic carbocycles. The van der Waals surface area contributed by atoms with Crippen LogP contribution in [0.5, 0.6) is 5.75 Å². The van der Waals surface area contributed by atoms with E-state index >= 15 is 0 Å². The van der Waals surface area contributed by atoms with Crippen LogP contribution in [0.3, 0.4) is 0 Å². The molecule has 4 aliphatic rings. The smallest absolute Gasteiger partial charge is 0.127 e. The maximum Gasteiger partial charge on any atom is 0.127 e. The molecule has 3 aliphatic heterocycles. The summed E-state index contributed by atoms with van der Waals surface area (Å²) in [6.07, 6.45) is 18.7. The summed E-state index contributed by atoms with van der Waals surface area (Å²) in [5, 5.41) is 11.7. The van der Waals surface area contributed by atoms with Crippen molar-refractivity contribution in [2.45, 2.75) is 12.8 Å². The average Bonchev–Trinajstić information content (AvgIpc) is 3.24. The number of hydrogen-bond donors (Lipinski definition) is 0. The number of allylic oxidation sites excluding steroid dienone is 6. The molecule has 0 atom stereocenters. The first-order valence-corrected chi connectivity index (χ1v) is 10.3. The summed E-state index contributed by atoms with van der Waals surface area (Å²) in [5.41, 5.74) is 5.86. The highest BCUT2D eigenvalue weighted by atomic mass is 16.5. The van der Waals surface area contributed by atoms with E-state index in [9.17, 15) is 5.26 Å². The molecule has 152 valence electrons. The molecule has 6 heteroatoms. The van der Waals surface area contributed by atoms with Crippen molar-refractivity contribution in [1.82, 2.24) is 9.55 Å². The predicted molar refractivity (Wildman–Crippen MR) is 126 cm³/mol. The van der Waals surface area contributed by atoms with Crippen LogP contribution >= 0.6 is 0 Å². The van der Waals surface area contributed by atoms with E-state index < -0.39 is 0 Å². The minimum absolute atomic E-state index is 0.531. The Morgan fingerprint density at radius 3 is 2.91 bits per heavy atom. The van der Waals surface area contributed by atoms with Gasteiger partial charge in [-0.15, -0.1) is 0 Å². The molecule has 0 radical (unpaired) electrons. The van der Waals surface area contributed by atoms with E-state index in [1.54, 1.807) is 31.2 Å². The van der Waals surface area contributed by atoms with Crippen molar-refractivity contribution in [2.75, 3.05) is 0 Å². The first kappa shape index (κ1) is 18.3. The highest BCUT2D eigenvalue weighted by molar-refractivity contribution is 6.04. The normalized spacial score (nSPS) is 16.3. The Balaban J connectivity index is 1.58. The third-order valence-electron chi connectivity index (χ3n) is 5.83. The Bertz CT molecular complexity index is 1500. The van der Waals surface area contributed by atoms with E-state index in [-0.39, 0.29) is 0 Å². The maximum absolute atomic E-state index is 9.84. The van der Waals surface area contributed by atoms with Gasteiger partial charge in [-0.25, -0.2) is 4.98 Å². The summed E-state index contributed by atoms with van der Waals surface area (Å²) in [4.78, 5) is 13.6. The van der Waals surface area contributed by atoms with Gasteiger partial charge < -0.3 is 9.30 Å². The standard InChI is InChI=1S/C26H17N5O/c27-12-25-19-9-18-3-6-23-11-24(18)26(25)30-13-20(10-19)29-15-22-14-28-16-31(22)21-4-1-17(2-5-21)7-8-32-23/h1,3-4,6-11,13-16H,2,5H2.